The van der Waals surface area contributed by atoms with E-state index in [0.717, 1.165) is 12.8 Å². The van der Waals surface area contributed by atoms with Crippen molar-refractivity contribution in [1.82, 2.24) is 0 Å². The van der Waals surface area contributed by atoms with Crippen molar-refractivity contribution in [2.75, 3.05) is 0 Å². The largest absolute Gasteiger partial charge is 0.481 e. The highest BCUT2D eigenvalue weighted by molar-refractivity contribution is 5.77. The van der Waals surface area contributed by atoms with Crippen LogP contribution >= 0.6 is 0 Å². The minimum absolute atomic E-state index is 0.391. The highest BCUT2D eigenvalue weighted by Crippen LogP contribution is 2.38. The predicted octanol–water partition coefficient (Wildman–Crippen LogP) is 5.11. The molecule has 0 aliphatic heterocycles. The van der Waals surface area contributed by atoms with Crippen LogP contribution in [-0.4, -0.2) is 33.5 Å². The van der Waals surface area contributed by atoms with E-state index in [9.17, 15) is 20.1 Å². The van der Waals surface area contributed by atoms with Crippen molar-refractivity contribution in [3.8, 4) is 0 Å². The molecule has 2 atom stereocenters. The summed E-state index contributed by atoms with van der Waals surface area (Å²) in [6, 6.07) is 0. The molecule has 2 unspecified atom stereocenters. The summed E-state index contributed by atoms with van der Waals surface area (Å²) < 4.78 is 0. The van der Waals surface area contributed by atoms with Crippen molar-refractivity contribution in [2.45, 2.75) is 116 Å². The fourth-order valence-electron chi connectivity index (χ4n) is 3.88. The maximum atomic E-state index is 11.2. The molecule has 0 aromatic heterocycles. The number of carboxylic acids is 1. The summed E-state index contributed by atoms with van der Waals surface area (Å²) >= 11 is 0. The van der Waals surface area contributed by atoms with Crippen LogP contribution in [0, 0.1) is 11.8 Å². The van der Waals surface area contributed by atoms with Crippen LogP contribution in [-0.2, 0) is 4.79 Å². The zero-order valence-electron chi connectivity index (χ0n) is 16.7. The number of unbranched alkanes of at least 4 members (excludes halogenated alkanes) is 9. The third kappa shape index (κ3) is 14.3. The molecule has 0 aromatic carbocycles. The molecule has 4 nitrogen and oxygen atoms in total. The van der Waals surface area contributed by atoms with Gasteiger partial charge >= 0.3 is 5.97 Å². The summed E-state index contributed by atoms with van der Waals surface area (Å²) in [6.07, 6.45) is 14.0. The van der Waals surface area contributed by atoms with Crippen molar-refractivity contribution in [3.05, 3.63) is 6.42 Å². The maximum absolute atomic E-state index is 11.2. The zero-order valence-corrected chi connectivity index (χ0v) is 16.7. The van der Waals surface area contributed by atoms with E-state index in [1.54, 1.807) is 13.8 Å². The average Bonchev–Trinajstić information content (AvgIpc) is 2.47. The van der Waals surface area contributed by atoms with Gasteiger partial charge in [0.05, 0.1) is 18.6 Å². The molecular formula is C21H41O4. The molecule has 0 rings (SSSR count). The van der Waals surface area contributed by atoms with Gasteiger partial charge in [0.1, 0.15) is 0 Å². The Bertz CT molecular complexity index is 316. The van der Waals surface area contributed by atoms with Gasteiger partial charge in [-0.25, -0.2) is 0 Å². The molecule has 0 saturated carbocycles. The predicted molar refractivity (Wildman–Crippen MR) is 103 cm³/mol. The third-order valence-electron chi connectivity index (χ3n) is 4.86. The van der Waals surface area contributed by atoms with Crippen LogP contribution in [0.3, 0.4) is 0 Å². The van der Waals surface area contributed by atoms with Gasteiger partial charge in [0.25, 0.3) is 0 Å². The molecule has 0 heterocycles. The van der Waals surface area contributed by atoms with Gasteiger partial charge in [-0.05, 0) is 38.5 Å². The number of hydrogen-bond donors (Lipinski definition) is 3. The standard InChI is InChI=1S/C21H41O4/c1-4-5-6-7-8-9-10-11-12-13-14-21(15-18(2)22,16-19(3)23)17-20(24)25/h17-19,22-23H,4-16H2,1-3H3,(H,24,25). The molecule has 1 radical (unpaired) electrons. The topological polar surface area (TPSA) is 77.8 Å². The van der Waals surface area contributed by atoms with E-state index in [-0.39, 0.29) is 0 Å². The van der Waals surface area contributed by atoms with Crippen molar-refractivity contribution in [3.63, 3.8) is 0 Å². The Kier molecular flexibility index (Phi) is 14.2. The highest BCUT2D eigenvalue weighted by atomic mass is 16.4. The second-order valence-corrected chi connectivity index (χ2v) is 7.88. The Labute approximate surface area is 155 Å². The lowest BCUT2D eigenvalue weighted by Gasteiger charge is -2.34. The zero-order chi connectivity index (χ0) is 19.1. The number of carboxylic acid groups (broad SMARTS) is 1. The number of rotatable bonds is 17. The summed E-state index contributed by atoms with van der Waals surface area (Å²) in [6.45, 7) is 5.60. The molecule has 0 aliphatic carbocycles. The molecule has 0 saturated heterocycles. The van der Waals surface area contributed by atoms with Crippen LogP contribution < -0.4 is 0 Å². The molecule has 0 fully saturated rings. The third-order valence-corrected chi connectivity index (χ3v) is 4.86. The fourth-order valence-corrected chi connectivity index (χ4v) is 3.88. The van der Waals surface area contributed by atoms with Gasteiger partial charge < -0.3 is 15.3 Å². The molecule has 0 aliphatic rings. The van der Waals surface area contributed by atoms with Gasteiger partial charge in [-0.2, -0.15) is 0 Å². The van der Waals surface area contributed by atoms with E-state index >= 15 is 0 Å². The first-order valence-corrected chi connectivity index (χ1v) is 10.3. The normalized spacial score (nSPS) is 16.4. The lowest BCUT2D eigenvalue weighted by atomic mass is 9.71. The van der Waals surface area contributed by atoms with E-state index in [0.29, 0.717) is 19.3 Å². The summed E-state index contributed by atoms with van der Waals surface area (Å²) in [5.41, 5.74) is -0.617. The van der Waals surface area contributed by atoms with E-state index < -0.39 is 23.6 Å². The van der Waals surface area contributed by atoms with Gasteiger partial charge in [0.15, 0.2) is 0 Å². The number of hydrogen-bond acceptors (Lipinski definition) is 3. The smallest absolute Gasteiger partial charge is 0.307 e. The second-order valence-electron chi connectivity index (χ2n) is 7.88. The Morgan fingerprint density at radius 2 is 1.24 bits per heavy atom. The average molecular weight is 358 g/mol. The quantitative estimate of drug-likeness (QED) is 0.316. The summed E-state index contributed by atoms with van der Waals surface area (Å²) in [5.74, 6) is -0.964. The number of aliphatic hydroxyl groups excluding tert-OH is 2. The SMILES string of the molecule is CCCCCCCCCCCCC([CH]C(=O)O)(CC(C)O)CC(C)O. The Morgan fingerprint density at radius 3 is 1.60 bits per heavy atom. The minimum atomic E-state index is -0.964. The van der Waals surface area contributed by atoms with Crippen LogP contribution in [0.1, 0.15) is 104 Å². The van der Waals surface area contributed by atoms with E-state index in [1.807, 2.05) is 0 Å². The first-order valence-electron chi connectivity index (χ1n) is 10.3. The molecule has 3 N–H and O–H groups in total. The number of aliphatic hydroxyl groups is 2. The van der Waals surface area contributed by atoms with Crippen LogP contribution in [0.2, 0.25) is 0 Å². The minimum Gasteiger partial charge on any atom is -0.481 e. The van der Waals surface area contributed by atoms with Crippen molar-refractivity contribution < 1.29 is 20.1 Å². The van der Waals surface area contributed by atoms with Crippen LogP contribution in [0.25, 0.3) is 0 Å². The number of carbonyl (C=O) groups is 1. The van der Waals surface area contributed by atoms with Gasteiger partial charge in [-0.15, -0.1) is 0 Å². The molecule has 149 valence electrons. The molecular weight excluding hydrogens is 316 g/mol. The van der Waals surface area contributed by atoms with Gasteiger partial charge in [-0.3, -0.25) is 4.79 Å². The molecule has 0 amide bonds. The summed E-state index contributed by atoms with van der Waals surface area (Å²) in [5, 5.41) is 28.8. The van der Waals surface area contributed by atoms with E-state index in [2.05, 4.69) is 6.92 Å². The Balaban J connectivity index is 4.18. The Morgan fingerprint density at radius 1 is 0.840 bits per heavy atom. The first-order chi connectivity index (χ1) is 11.8. The molecule has 0 spiro atoms. The van der Waals surface area contributed by atoms with E-state index in [4.69, 9.17) is 0 Å². The summed E-state index contributed by atoms with van der Waals surface area (Å²) in [4.78, 5) is 11.2. The molecule has 4 heteroatoms. The monoisotopic (exact) mass is 357 g/mol. The van der Waals surface area contributed by atoms with E-state index in [1.165, 1.54) is 57.8 Å². The Hall–Kier alpha value is -0.610. The molecule has 25 heavy (non-hydrogen) atoms. The van der Waals surface area contributed by atoms with Crippen molar-refractivity contribution in [1.29, 1.82) is 0 Å². The van der Waals surface area contributed by atoms with Crippen molar-refractivity contribution in [2.24, 2.45) is 5.41 Å². The number of aliphatic carboxylic acids is 1. The first kappa shape index (κ1) is 24.4. The van der Waals surface area contributed by atoms with Crippen molar-refractivity contribution >= 4 is 5.97 Å². The van der Waals surface area contributed by atoms with Crippen LogP contribution in [0.4, 0.5) is 0 Å². The van der Waals surface area contributed by atoms with Crippen LogP contribution in [0.15, 0.2) is 0 Å². The summed E-state index contributed by atoms with van der Waals surface area (Å²) in [7, 11) is 0. The second kappa shape index (κ2) is 14.5. The lowest BCUT2D eigenvalue weighted by Crippen LogP contribution is -2.32. The van der Waals surface area contributed by atoms with Gasteiger partial charge in [0.2, 0.25) is 0 Å². The van der Waals surface area contributed by atoms with Gasteiger partial charge in [-0.1, -0.05) is 71.1 Å². The fraction of sp³-hybridized carbons (Fsp3) is 0.905. The van der Waals surface area contributed by atoms with Gasteiger partial charge in [0, 0.05) is 0 Å². The molecule has 0 bridgehead atoms. The highest BCUT2D eigenvalue weighted by Gasteiger charge is 2.35. The van der Waals surface area contributed by atoms with Crippen LogP contribution in [0.5, 0.6) is 0 Å². The maximum Gasteiger partial charge on any atom is 0.307 e. The molecule has 0 aromatic rings. The lowest BCUT2D eigenvalue weighted by molar-refractivity contribution is -0.135.